The van der Waals surface area contributed by atoms with Crippen LogP contribution in [0.1, 0.15) is 59.1 Å². The van der Waals surface area contributed by atoms with Crippen LogP contribution in [0.25, 0.3) is 0 Å². The van der Waals surface area contributed by atoms with Gasteiger partial charge in [-0.2, -0.15) is 0 Å². The molecular weight excluding hydrogens is 686 g/mol. The number of allylic oxidation sites excluding steroid dienone is 3. The predicted octanol–water partition coefficient (Wildman–Crippen LogP) is 6.87. The molecule has 5 rings (SSSR count). The van der Waals surface area contributed by atoms with E-state index >= 15 is 0 Å². The zero-order valence-electron chi connectivity index (χ0n) is 30.7. The van der Waals surface area contributed by atoms with Crippen molar-refractivity contribution < 1.29 is 29.8 Å². The summed E-state index contributed by atoms with van der Waals surface area (Å²) in [5, 5.41) is 46.3. The summed E-state index contributed by atoms with van der Waals surface area (Å²) in [5.74, 6) is -2.44. The maximum absolute atomic E-state index is 13.7. The standard InChI is InChI=1S/C39H39N5O7.C3H6/c1-4-26(3)39(29-8-6-5-7-9-29,30-14-10-25(2)11-15-30)43-23-31(41-24-43)22-32(38(49)40-19-18-27-12-16-35(46)36(47)20-27)42-37(48)28-13-17-34(45)33(21-28)44(50)51;1-3-2/h4-17,20-21,23-24,32,45-47H,18-19,22H2,1-3H3,(H,40,49)(H,42,48);3H,1H2,2H3/b26-4+;/t32-,39?;/m0./s1. The maximum Gasteiger partial charge on any atom is 0.311 e. The molecule has 12 heteroatoms. The van der Waals surface area contributed by atoms with Gasteiger partial charge in [-0.05, 0) is 80.6 Å². The van der Waals surface area contributed by atoms with E-state index in [-0.39, 0.29) is 30.0 Å². The smallest absolute Gasteiger partial charge is 0.311 e. The minimum atomic E-state index is -1.16. The number of aryl methyl sites for hydroxylation is 1. The van der Waals surface area contributed by atoms with Crippen LogP contribution in [0.3, 0.4) is 0 Å². The molecule has 280 valence electrons. The number of aromatic hydroxyl groups is 3. The quantitative estimate of drug-likeness (QED) is 0.0377. The third-order valence-corrected chi connectivity index (χ3v) is 8.91. The van der Waals surface area contributed by atoms with Gasteiger partial charge in [-0.1, -0.05) is 78.4 Å². The molecule has 0 radical (unpaired) electrons. The van der Waals surface area contributed by atoms with Crippen LogP contribution in [0.5, 0.6) is 17.2 Å². The largest absolute Gasteiger partial charge is 0.504 e. The number of hydrogen-bond acceptors (Lipinski definition) is 8. The Balaban J connectivity index is 0.00000209. The van der Waals surface area contributed by atoms with E-state index < -0.39 is 39.8 Å². The van der Waals surface area contributed by atoms with E-state index in [1.165, 1.54) is 18.2 Å². The van der Waals surface area contributed by atoms with Crippen molar-refractivity contribution in [3.63, 3.8) is 0 Å². The molecule has 5 N–H and O–H groups in total. The van der Waals surface area contributed by atoms with E-state index in [0.717, 1.165) is 34.4 Å². The van der Waals surface area contributed by atoms with Crippen molar-refractivity contribution in [2.45, 2.75) is 52.1 Å². The van der Waals surface area contributed by atoms with Crippen molar-refractivity contribution in [2.75, 3.05) is 6.54 Å². The number of nitrogens with one attached hydrogen (secondary N) is 2. The summed E-state index contributed by atoms with van der Waals surface area (Å²) in [5.41, 5.74) is 3.72. The second-order valence-corrected chi connectivity index (χ2v) is 12.6. The molecule has 0 fully saturated rings. The van der Waals surface area contributed by atoms with Gasteiger partial charge in [0.15, 0.2) is 17.2 Å². The summed E-state index contributed by atoms with van der Waals surface area (Å²) < 4.78 is 2.00. The van der Waals surface area contributed by atoms with Crippen molar-refractivity contribution in [1.82, 2.24) is 20.2 Å². The monoisotopic (exact) mass is 731 g/mol. The average molecular weight is 732 g/mol. The number of phenols is 3. The Bertz CT molecular complexity index is 2130. The molecule has 0 saturated heterocycles. The minimum Gasteiger partial charge on any atom is -0.504 e. The lowest BCUT2D eigenvalue weighted by Gasteiger charge is -2.38. The van der Waals surface area contributed by atoms with Gasteiger partial charge in [-0.15, -0.1) is 6.58 Å². The number of amides is 2. The van der Waals surface area contributed by atoms with E-state index in [1.807, 2.05) is 74.9 Å². The van der Waals surface area contributed by atoms with Crippen LogP contribution in [0.15, 0.2) is 128 Å². The lowest BCUT2D eigenvalue weighted by atomic mass is 9.76. The molecule has 0 spiro atoms. The Kier molecular flexibility index (Phi) is 13.5. The summed E-state index contributed by atoms with van der Waals surface area (Å²) in [6.45, 7) is 11.4. The summed E-state index contributed by atoms with van der Waals surface area (Å²) >= 11 is 0. The fourth-order valence-electron chi connectivity index (χ4n) is 6.11. The second kappa shape index (κ2) is 18.2. The highest BCUT2D eigenvalue weighted by Crippen LogP contribution is 2.41. The van der Waals surface area contributed by atoms with Gasteiger partial charge in [0, 0.05) is 30.8 Å². The topological polar surface area (TPSA) is 180 Å². The molecule has 5 aromatic rings. The molecule has 1 heterocycles. The first kappa shape index (κ1) is 40.1. The van der Waals surface area contributed by atoms with Crippen molar-refractivity contribution >= 4 is 17.5 Å². The number of nitrogens with zero attached hydrogens (tertiary/aromatic N) is 3. The fraction of sp³-hybridized carbons (Fsp3) is 0.214. The van der Waals surface area contributed by atoms with E-state index in [0.29, 0.717) is 17.7 Å². The van der Waals surface area contributed by atoms with Gasteiger partial charge in [0.05, 0.1) is 16.9 Å². The molecule has 12 nitrogen and oxygen atoms in total. The molecular formula is C42H45N5O7. The molecule has 0 aliphatic carbocycles. The number of nitro benzene ring substituents is 1. The van der Waals surface area contributed by atoms with Crippen LogP contribution in [0.2, 0.25) is 0 Å². The number of carbonyl (C=O) groups excluding carboxylic acids is 2. The molecule has 4 aromatic carbocycles. The molecule has 1 aromatic heterocycles. The Morgan fingerprint density at radius 2 is 1.59 bits per heavy atom. The van der Waals surface area contributed by atoms with Gasteiger partial charge in [-0.3, -0.25) is 19.7 Å². The van der Waals surface area contributed by atoms with Crippen molar-refractivity contribution in [3.8, 4) is 17.2 Å². The van der Waals surface area contributed by atoms with Crippen LogP contribution < -0.4 is 10.6 Å². The molecule has 2 amide bonds. The van der Waals surface area contributed by atoms with Gasteiger partial charge in [0.1, 0.15) is 11.6 Å². The SMILES string of the molecule is C/C=C(\C)C(c1ccccc1)(c1ccc(C)cc1)n1cnc(C[C@H](NC(=O)c2ccc(O)c([N+](=O)[O-])c2)C(=O)NCCc2ccc(O)c(O)c2)c1.C=CC. The van der Waals surface area contributed by atoms with E-state index in [4.69, 9.17) is 4.98 Å². The summed E-state index contributed by atoms with van der Waals surface area (Å²) in [7, 11) is 0. The lowest BCUT2D eigenvalue weighted by molar-refractivity contribution is -0.385. The number of hydrogen-bond donors (Lipinski definition) is 5. The van der Waals surface area contributed by atoms with Crippen molar-refractivity contribution in [1.29, 1.82) is 0 Å². The highest BCUT2D eigenvalue weighted by atomic mass is 16.6. The zero-order chi connectivity index (χ0) is 39.4. The van der Waals surface area contributed by atoms with E-state index in [9.17, 15) is 35.0 Å². The fourth-order valence-corrected chi connectivity index (χ4v) is 6.11. The van der Waals surface area contributed by atoms with E-state index in [2.05, 4.69) is 41.5 Å². The number of aromatic nitrogens is 2. The summed E-state index contributed by atoms with van der Waals surface area (Å²) in [6.07, 6.45) is 7.63. The first-order valence-corrected chi connectivity index (χ1v) is 17.3. The van der Waals surface area contributed by atoms with Gasteiger partial charge in [0.2, 0.25) is 5.91 Å². The predicted molar refractivity (Wildman–Crippen MR) is 208 cm³/mol. The number of nitro groups is 1. The first-order valence-electron chi connectivity index (χ1n) is 17.3. The third kappa shape index (κ3) is 9.20. The van der Waals surface area contributed by atoms with Crippen molar-refractivity contribution in [2.24, 2.45) is 0 Å². The highest BCUT2D eigenvalue weighted by Gasteiger charge is 2.38. The van der Waals surface area contributed by atoms with Gasteiger partial charge in [-0.25, -0.2) is 4.98 Å². The second-order valence-electron chi connectivity index (χ2n) is 12.6. The zero-order valence-corrected chi connectivity index (χ0v) is 30.7. The number of imidazole rings is 1. The van der Waals surface area contributed by atoms with Gasteiger partial charge >= 0.3 is 5.69 Å². The van der Waals surface area contributed by atoms with Gasteiger partial charge < -0.3 is 30.5 Å². The number of phenolic OH excluding ortho intramolecular Hbond substituents is 3. The molecule has 1 unspecified atom stereocenters. The Morgan fingerprint density at radius 1 is 0.944 bits per heavy atom. The van der Waals surface area contributed by atoms with Gasteiger partial charge in [0.25, 0.3) is 5.91 Å². The number of benzene rings is 4. The average Bonchev–Trinajstić information content (AvgIpc) is 3.63. The van der Waals surface area contributed by atoms with Crippen LogP contribution in [0, 0.1) is 17.0 Å². The normalized spacial score (nSPS) is 12.7. The number of carbonyl (C=O) groups is 2. The maximum atomic E-state index is 13.7. The van der Waals surface area contributed by atoms with E-state index in [1.54, 1.807) is 18.5 Å². The molecule has 0 saturated carbocycles. The Morgan fingerprint density at radius 3 is 2.22 bits per heavy atom. The molecule has 0 aliphatic heterocycles. The molecule has 54 heavy (non-hydrogen) atoms. The molecule has 0 aliphatic rings. The minimum absolute atomic E-state index is 0.0294. The summed E-state index contributed by atoms with van der Waals surface area (Å²) in [6, 6.07) is 24.7. The van der Waals surface area contributed by atoms with Crippen LogP contribution in [0.4, 0.5) is 5.69 Å². The van der Waals surface area contributed by atoms with Crippen LogP contribution >= 0.6 is 0 Å². The molecule has 0 bridgehead atoms. The van der Waals surface area contributed by atoms with Crippen molar-refractivity contribution in [3.05, 3.63) is 171 Å². The third-order valence-electron chi connectivity index (χ3n) is 8.91. The Labute approximate surface area is 314 Å². The Hall–Kier alpha value is -6.69. The van der Waals surface area contributed by atoms with Crippen LogP contribution in [-0.2, 0) is 23.2 Å². The lowest BCUT2D eigenvalue weighted by Crippen LogP contribution is -2.48. The number of rotatable bonds is 13. The molecule has 2 atom stereocenters. The highest BCUT2D eigenvalue weighted by molar-refractivity contribution is 5.98. The summed E-state index contributed by atoms with van der Waals surface area (Å²) in [4.78, 5) is 42.4. The van der Waals surface area contributed by atoms with Crippen LogP contribution in [-0.4, -0.2) is 54.2 Å². The first-order chi connectivity index (χ1) is 25.8.